The maximum absolute atomic E-state index is 12.1. The van der Waals surface area contributed by atoms with E-state index in [0.717, 1.165) is 6.42 Å². The van der Waals surface area contributed by atoms with Crippen LogP contribution >= 0.6 is 0 Å². The average Bonchev–Trinajstić information content (AvgIpc) is 2.38. The highest BCUT2D eigenvalue weighted by atomic mass is 16.5. The lowest BCUT2D eigenvalue weighted by atomic mass is 10.1. The maximum Gasteiger partial charge on any atom is 0.257 e. The van der Waals surface area contributed by atoms with Crippen LogP contribution in [0.25, 0.3) is 0 Å². The number of methoxy groups -OCH3 is 2. The van der Waals surface area contributed by atoms with E-state index in [2.05, 4.69) is 0 Å². The Morgan fingerprint density at radius 1 is 1.39 bits per heavy atom. The molecule has 0 aliphatic carbocycles. The summed E-state index contributed by atoms with van der Waals surface area (Å²) in [6.07, 6.45) is 0.753. The van der Waals surface area contributed by atoms with Crippen LogP contribution in [0, 0.1) is 0 Å². The monoisotopic (exact) mass is 253 g/mol. The van der Waals surface area contributed by atoms with Crippen molar-refractivity contribution >= 4 is 5.91 Å². The third-order valence-electron chi connectivity index (χ3n) is 2.62. The van der Waals surface area contributed by atoms with Gasteiger partial charge in [-0.25, -0.2) is 0 Å². The molecule has 0 aromatic heterocycles. The second-order valence-electron chi connectivity index (χ2n) is 3.96. The van der Waals surface area contributed by atoms with Crippen molar-refractivity contribution in [2.45, 2.75) is 6.42 Å². The average molecular weight is 253 g/mol. The summed E-state index contributed by atoms with van der Waals surface area (Å²) >= 11 is 0. The molecule has 5 nitrogen and oxygen atoms in total. The molecule has 1 aromatic rings. The number of carbonyl (C=O) groups is 1. The maximum atomic E-state index is 12.1. The lowest BCUT2D eigenvalue weighted by Crippen LogP contribution is -2.28. The van der Waals surface area contributed by atoms with Gasteiger partial charge in [-0.2, -0.15) is 0 Å². The molecule has 0 atom stereocenters. The fourth-order valence-corrected chi connectivity index (χ4v) is 1.57. The van der Waals surface area contributed by atoms with Crippen molar-refractivity contribution in [1.29, 1.82) is 0 Å². The number of amides is 1. The van der Waals surface area contributed by atoms with Crippen LogP contribution in [0.15, 0.2) is 18.2 Å². The molecule has 0 heterocycles. The van der Waals surface area contributed by atoms with E-state index in [9.17, 15) is 9.90 Å². The predicted molar refractivity (Wildman–Crippen MR) is 68.1 cm³/mol. The minimum absolute atomic E-state index is 0.0422. The molecule has 0 aliphatic heterocycles. The van der Waals surface area contributed by atoms with Crippen LogP contribution in [-0.2, 0) is 4.74 Å². The number of benzene rings is 1. The van der Waals surface area contributed by atoms with Gasteiger partial charge in [0.15, 0.2) is 0 Å². The molecule has 0 saturated heterocycles. The Morgan fingerprint density at radius 2 is 2.11 bits per heavy atom. The zero-order valence-electron chi connectivity index (χ0n) is 11.0. The fraction of sp³-hybridized carbons (Fsp3) is 0.462. The minimum Gasteiger partial charge on any atom is -0.507 e. The number of phenols is 1. The van der Waals surface area contributed by atoms with Crippen molar-refractivity contribution in [1.82, 2.24) is 4.90 Å². The fourth-order valence-electron chi connectivity index (χ4n) is 1.57. The van der Waals surface area contributed by atoms with Crippen molar-refractivity contribution in [2.75, 3.05) is 34.4 Å². The second kappa shape index (κ2) is 6.86. The molecule has 0 aliphatic rings. The van der Waals surface area contributed by atoms with E-state index in [1.165, 1.54) is 19.2 Å². The Morgan fingerprint density at radius 3 is 2.72 bits per heavy atom. The van der Waals surface area contributed by atoms with Gasteiger partial charge in [0, 0.05) is 27.3 Å². The highest BCUT2D eigenvalue weighted by molar-refractivity contribution is 5.97. The summed E-state index contributed by atoms with van der Waals surface area (Å²) in [7, 11) is 4.83. The molecule has 0 spiro atoms. The van der Waals surface area contributed by atoms with E-state index < -0.39 is 0 Å². The Hall–Kier alpha value is -1.75. The van der Waals surface area contributed by atoms with Gasteiger partial charge in [-0.3, -0.25) is 4.79 Å². The molecule has 1 rings (SSSR count). The largest absolute Gasteiger partial charge is 0.507 e. The number of ether oxygens (including phenoxy) is 2. The van der Waals surface area contributed by atoms with Gasteiger partial charge in [-0.15, -0.1) is 0 Å². The quantitative estimate of drug-likeness (QED) is 0.781. The van der Waals surface area contributed by atoms with Crippen molar-refractivity contribution in [2.24, 2.45) is 0 Å². The van der Waals surface area contributed by atoms with Gasteiger partial charge in [0.05, 0.1) is 12.7 Å². The number of hydrogen-bond donors (Lipinski definition) is 1. The molecule has 0 unspecified atom stereocenters. The van der Waals surface area contributed by atoms with Crippen LogP contribution in [0.5, 0.6) is 11.5 Å². The molecule has 0 radical (unpaired) electrons. The normalized spacial score (nSPS) is 10.2. The number of hydrogen-bond acceptors (Lipinski definition) is 4. The molecule has 1 aromatic carbocycles. The van der Waals surface area contributed by atoms with Gasteiger partial charge in [0.2, 0.25) is 0 Å². The highest BCUT2D eigenvalue weighted by Gasteiger charge is 2.16. The number of nitrogens with zero attached hydrogens (tertiary/aromatic N) is 1. The van der Waals surface area contributed by atoms with E-state index in [1.807, 2.05) is 0 Å². The molecule has 5 heteroatoms. The standard InChI is InChI=1S/C13H19NO4/c1-14(7-4-8-17-2)13(16)11-9-10(18-3)5-6-12(11)15/h5-6,9,15H,4,7-8H2,1-3H3. The van der Waals surface area contributed by atoms with E-state index >= 15 is 0 Å². The van der Waals surface area contributed by atoms with E-state index in [0.29, 0.717) is 18.9 Å². The SMILES string of the molecule is COCCCN(C)C(=O)c1cc(OC)ccc1O. The minimum atomic E-state index is -0.234. The van der Waals surface area contributed by atoms with Crippen molar-refractivity contribution in [3.05, 3.63) is 23.8 Å². The van der Waals surface area contributed by atoms with Crippen LogP contribution in [0.2, 0.25) is 0 Å². The van der Waals surface area contributed by atoms with E-state index in [1.54, 1.807) is 25.1 Å². The lowest BCUT2D eigenvalue weighted by Gasteiger charge is -2.18. The molecule has 1 N–H and O–H groups in total. The van der Waals surface area contributed by atoms with Crippen LogP contribution in [0.4, 0.5) is 0 Å². The lowest BCUT2D eigenvalue weighted by molar-refractivity contribution is 0.0776. The zero-order valence-corrected chi connectivity index (χ0v) is 11.0. The predicted octanol–water partition coefficient (Wildman–Crippen LogP) is 1.51. The number of carbonyl (C=O) groups excluding carboxylic acids is 1. The first-order valence-corrected chi connectivity index (χ1v) is 5.71. The summed E-state index contributed by atoms with van der Waals surface area (Å²) in [6.45, 7) is 1.17. The number of aromatic hydroxyl groups is 1. The molecular formula is C13H19NO4. The summed E-state index contributed by atoms with van der Waals surface area (Å²) in [6, 6.07) is 4.59. The van der Waals surface area contributed by atoms with Crippen molar-refractivity contribution in [3.8, 4) is 11.5 Å². The van der Waals surface area contributed by atoms with Crippen LogP contribution < -0.4 is 4.74 Å². The molecule has 100 valence electrons. The highest BCUT2D eigenvalue weighted by Crippen LogP contribution is 2.23. The summed E-state index contributed by atoms with van der Waals surface area (Å²) in [5.74, 6) is 0.267. The molecular weight excluding hydrogens is 234 g/mol. The zero-order chi connectivity index (χ0) is 13.5. The van der Waals surface area contributed by atoms with Gasteiger partial charge in [0.1, 0.15) is 11.5 Å². The third kappa shape index (κ3) is 3.63. The van der Waals surface area contributed by atoms with E-state index in [4.69, 9.17) is 9.47 Å². The Labute approximate surface area is 107 Å². The Balaban J connectivity index is 2.76. The molecule has 1 amide bonds. The summed E-state index contributed by atoms with van der Waals surface area (Å²) in [4.78, 5) is 13.6. The topological polar surface area (TPSA) is 59.0 Å². The smallest absolute Gasteiger partial charge is 0.257 e. The van der Waals surface area contributed by atoms with Gasteiger partial charge in [-0.1, -0.05) is 0 Å². The van der Waals surface area contributed by atoms with Gasteiger partial charge >= 0.3 is 0 Å². The Kier molecular flexibility index (Phi) is 5.45. The third-order valence-corrected chi connectivity index (χ3v) is 2.62. The molecule has 18 heavy (non-hydrogen) atoms. The van der Waals surface area contributed by atoms with E-state index in [-0.39, 0.29) is 17.2 Å². The number of rotatable bonds is 6. The van der Waals surface area contributed by atoms with Gasteiger partial charge < -0.3 is 19.5 Å². The Bertz CT molecular complexity index is 406. The first-order valence-electron chi connectivity index (χ1n) is 5.71. The van der Waals surface area contributed by atoms with Gasteiger partial charge in [-0.05, 0) is 24.6 Å². The summed E-state index contributed by atoms with van der Waals surface area (Å²) in [5, 5.41) is 9.69. The number of phenolic OH excluding ortho intramolecular Hbond substituents is 1. The summed E-state index contributed by atoms with van der Waals surface area (Å²) < 4.78 is 9.97. The molecule has 0 bridgehead atoms. The van der Waals surface area contributed by atoms with Crippen LogP contribution in [0.1, 0.15) is 16.8 Å². The molecule has 0 saturated carbocycles. The first-order chi connectivity index (χ1) is 8.60. The summed E-state index contributed by atoms with van der Waals surface area (Å²) in [5.41, 5.74) is 0.245. The first kappa shape index (κ1) is 14.3. The van der Waals surface area contributed by atoms with Gasteiger partial charge in [0.25, 0.3) is 5.91 Å². The van der Waals surface area contributed by atoms with Crippen LogP contribution in [-0.4, -0.2) is 50.3 Å². The van der Waals surface area contributed by atoms with Crippen molar-refractivity contribution in [3.63, 3.8) is 0 Å². The molecule has 0 fully saturated rings. The van der Waals surface area contributed by atoms with Crippen LogP contribution in [0.3, 0.4) is 0 Å². The second-order valence-corrected chi connectivity index (χ2v) is 3.96. The van der Waals surface area contributed by atoms with Crippen molar-refractivity contribution < 1.29 is 19.4 Å².